The van der Waals surface area contributed by atoms with Crippen molar-refractivity contribution in [2.24, 2.45) is 0 Å². The number of rotatable bonds is 5. The van der Waals surface area contributed by atoms with Gasteiger partial charge in [0.2, 0.25) is 0 Å². The first kappa shape index (κ1) is 16.1. The molecule has 0 saturated heterocycles. The fourth-order valence-corrected chi connectivity index (χ4v) is 2.74. The van der Waals surface area contributed by atoms with Crippen LogP contribution in [0, 0.1) is 0 Å². The van der Waals surface area contributed by atoms with Crippen molar-refractivity contribution in [1.29, 1.82) is 0 Å². The van der Waals surface area contributed by atoms with Crippen molar-refractivity contribution < 1.29 is 13.2 Å². The molecule has 1 atom stereocenters. The first-order valence-electron chi connectivity index (χ1n) is 7.62. The number of hydrogen-bond donors (Lipinski definition) is 1. The summed E-state index contributed by atoms with van der Waals surface area (Å²) in [4.78, 5) is 0. The molecule has 0 heterocycles. The highest BCUT2D eigenvalue weighted by molar-refractivity contribution is 5.32. The molecule has 0 fully saturated rings. The highest BCUT2D eigenvalue weighted by atomic mass is 19.4. The van der Waals surface area contributed by atoms with Crippen molar-refractivity contribution in [3.05, 3.63) is 47.0 Å². The minimum Gasteiger partial charge on any atom is -0.307 e. The van der Waals surface area contributed by atoms with E-state index in [9.17, 15) is 13.2 Å². The van der Waals surface area contributed by atoms with Gasteiger partial charge in [-0.25, -0.2) is 0 Å². The number of nitrogens with one attached hydrogen (secondary N) is 1. The van der Waals surface area contributed by atoms with Crippen LogP contribution in [-0.4, -0.2) is 6.54 Å². The summed E-state index contributed by atoms with van der Waals surface area (Å²) in [7, 11) is 0. The van der Waals surface area contributed by atoms with Crippen LogP contribution in [0.15, 0.2) is 35.9 Å². The molecule has 1 N–H and O–H groups in total. The van der Waals surface area contributed by atoms with Crippen LogP contribution < -0.4 is 5.32 Å². The van der Waals surface area contributed by atoms with Crippen LogP contribution in [0.1, 0.15) is 56.2 Å². The number of halogens is 3. The van der Waals surface area contributed by atoms with Crippen LogP contribution in [-0.2, 0) is 6.18 Å². The predicted molar refractivity (Wildman–Crippen MR) is 79.0 cm³/mol. The third kappa shape index (κ3) is 4.34. The Morgan fingerprint density at radius 3 is 2.38 bits per heavy atom. The van der Waals surface area contributed by atoms with Crippen LogP contribution in [0.3, 0.4) is 0 Å². The molecule has 2 rings (SSSR count). The summed E-state index contributed by atoms with van der Waals surface area (Å²) < 4.78 is 38.0. The number of alkyl halides is 3. The van der Waals surface area contributed by atoms with Gasteiger partial charge in [-0.05, 0) is 56.3 Å². The van der Waals surface area contributed by atoms with Crippen LogP contribution >= 0.6 is 0 Å². The Balaban J connectivity index is 2.21. The Labute approximate surface area is 124 Å². The molecule has 0 aliphatic heterocycles. The quantitative estimate of drug-likeness (QED) is 0.732. The van der Waals surface area contributed by atoms with E-state index < -0.39 is 11.7 Å². The van der Waals surface area contributed by atoms with E-state index in [1.54, 1.807) is 12.1 Å². The van der Waals surface area contributed by atoms with E-state index in [4.69, 9.17) is 0 Å². The normalized spacial score (nSPS) is 17.4. The van der Waals surface area contributed by atoms with Crippen molar-refractivity contribution in [2.45, 2.75) is 51.2 Å². The summed E-state index contributed by atoms with van der Waals surface area (Å²) in [6.45, 7) is 2.95. The van der Waals surface area contributed by atoms with E-state index in [0.717, 1.165) is 37.8 Å². The third-order valence-electron chi connectivity index (χ3n) is 3.87. The lowest BCUT2D eigenvalue weighted by molar-refractivity contribution is -0.137. The molecule has 21 heavy (non-hydrogen) atoms. The molecule has 1 unspecified atom stereocenters. The minimum absolute atomic E-state index is 0.0486. The smallest absolute Gasteiger partial charge is 0.307 e. The van der Waals surface area contributed by atoms with Crippen LogP contribution in [0.4, 0.5) is 13.2 Å². The van der Waals surface area contributed by atoms with Crippen molar-refractivity contribution in [3.63, 3.8) is 0 Å². The van der Waals surface area contributed by atoms with E-state index in [-0.39, 0.29) is 6.04 Å². The molecule has 4 heteroatoms. The molecule has 116 valence electrons. The molecular formula is C17H22F3N. The molecule has 1 aromatic carbocycles. The summed E-state index contributed by atoms with van der Waals surface area (Å²) in [6.07, 6.45) is 3.45. The lowest BCUT2D eigenvalue weighted by atomic mass is 9.89. The minimum atomic E-state index is -4.27. The summed E-state index contributed by atoms with van der Waals surface area (Å²) in [5, 5.41) is 3.46. The van der Waals surface area contributed by atoms with Crippen molar-refractivity contribution in [3.8, 4) is 0 Å². The average molecular weight is 297 g/mol. The maximum atomic E-state index is 12.7. The van der Waals surface area contributed by atoms with E-state index in [2.05, 4.69) is 18.3 Å². The molecule has 0 spiro atoms. The summed E-state index contributed by atoms with van der Waals surface area (Å²) in [5.41, 5.74) is 1.65. The first-order chi connectivity index (χ1) is 10.0. The van der Waals surface area contributed by atoms with Gasteiger partial charge in [-0.2, -0.15) is 13.2 Å². The summed E-state index contributed by atoms with van der Waals surface area (Å²) in [5.74, 6) is 0. The second-order valence-corrected chi connectivity index (χ2v) is 5.53. The van der Waals surface area contributed by atoms with E-state index in [1.807, 2.05) is 0 Å². The molecule has 0 amide bonds. The monoisotopic (exact) mass is 297 g/mol. The fourth-order valence-electron chi connectivity index (χ4n) is 2.74. The SMILES string of the molecule is CCCNC(C1=CCCCC1)c1ccc(C(F)(F)F)cc1. The molecule has 0 aromatic heterocycles. The van der Waals surface area contributed by atoms with Crippen LogP contribution in [0.5, 0.6) is 0 Å². The van der Waals surface area contributed by atoms with Crippen molar-refractivity contribution >= 4 is 0 Å². The molecule has 0 bridgehead atoms. The highest BCUT2D eigenvalue weighted by Gasteiger charge is 2.30. The van der Waals surface area contributed by atoms with Gasteiger partial charge < -0.3 is 5.32 Å². The summed E-state index contributed by atoms with van der Waals surface area (Å²) >= 11 is 0. The second kappa shape index (κ2) is 7.12. The van der Waals surface area contributed by atoms with Gasteiger partial charge in [-0.15, -0.1) is 0 Å². The fraction of sp³-hybridized carbons (Fsp3) is 0.529. The van der Waals surface area contributed by atoms with Crippen molar-refractivity contribution in [1.82, 2.24) is 5.32 Å². The van der Waals surface area contributed by atoms with E-state index >= 15 is 0 Å². The molecule has 0 radical (unpaired) electrons. The standard InChI is InChI=1S/C17H22F3N/c1-2-12-21-16(13-6-4-3-5-7-13)14-8-10-15(11-9-14)17(18,19)20/h6,8-11,16,21H,2-5,7,12H2,1H3. The number of benzene rings is 1. The second-order valence-electron chi connectivity index (χ2n) is 5.53. The molecular weight excluding hydrogens is 275 g/mol. The van der Waals surface area contributed by atoms with Crippen LogP contribution in [0.25, 0.3) is 0 Å². The van der Waals surface area contributed by atoms with Gasteiger partial charge in [0.15, 0.2) is 0 Å². The molecule has 0 saturated carbocycles. The topological polar surface area (TPSA) is 12.0 Å². The highest BCUT2D eigenvalue weighted by Crippen LogP contribution is 2.33. The zero-order valence-electron chi connectivity index (χ0n) is 12.3. The molecule has 1 aliphatic carbocycles. The Kier molecular flexibility index (Phi) is 5.45. The molecule has 1 aliphatic rings. The third-order valence-corrected chi connectivity index (χ3v) is 3.87. The maximum absolute atomic E-state index is 12.7. The average Bonchev–Trinajstić information content (AvgIpc) is 2.48. The summed E-state index contributed by atoms with van der Waals surface area (Å²) in [6, 6.07) is 5.61. The van der Waals surface area contributed by atoms with Gasteiger partial charge in [0.05, 0.1) is 11.6 Å². The van der Waals surface area contributed by atoms with Gasteiger partial charge in [-0.1, -0.05) is 30.7 Å². The molecule has 1 nitrogen and oxygen atoms in total. The molecule has 1 aromatic rings. The zero-order valence-corrected chi connectivity index (χ0v) is 12.3. The van der Waals surface area contributed by atoms with Crippen LogP contribution in [0.2, 0.25) is 0 Å². The van der Waals surface area contributed by atoms with Crippen molar-refractivity contribution in [2.75, 3.05) is 6.54 Å². The Morgan fingerprint density at radius 1 is 1.14 bits per heavy atom. The Hall–Kier alpha value is -1.29. The number of allylic oxidation sites excluding steroid dienone is 1. The Morgan fingerprint density at radius 2 is 1.86 bits per heavy atom. The first-order valence-corrected chi connectivity index (χ1v) is 7.62. The predicted octanol–water partition coefficient (Wildman–Crippen LogP) is 5.25. The number of hydrogen-bond acceptors (Lipinski definition) is 1. The Bertz CT molecular complexity index is 474. The largest absolute Gasteiger partial charge is 0.416 e. The van der Waals surface area contributed by atoms with Gasteiger partial charge >= 0.3 is 6.18 Å². The van der Waals surface area contributed by atoms with Gasteiger partial charge in [0, 0.05) is 0 Å². The van der Waals surface area contributed by atoms with Gasteiger partial charge in [0.1, 0.15) is 0 Å². The maximum Gasteiger partial charge on any atom is 0.416 e. The lowest BCUT2D eigenvalue weighted by Crippen LogP contribution is -2.24. The lowest BCUT2D eigenvalue weighted by Gasteiger charge is -2.25. The van der Waals surface area contributed by atoms with E-state index in [1.165, 1.54) is 24.1 Å². The van der Waals surface area contributed by atoms with E-state index in [0.29, 0.717) is 0 Å². The van der Waals surface area contributed by atoms with Gasteiger partial charge in [-0.3, -0.25) is 0 Å². The van der Waals surface area contributed by atoms with Gasteiger partial charge in [0.25, 0.3) is 0 Å². The zero-order chi connectivity index (χ0) is 15.3.